The standard InChI is InChI=1S/C13H12N4O2/c1-9(13(18)16-12-6-7-15-17-12)19-11-4-2-10(8-14)3-5-11/h2-7,9H,1H3,(H2,15,16,17,18). The Labute approximate surface area is 110 Å². The van der Waals surface area contributed by atoms with E-state index in [9.17, 15) is 4.79 Å². The van der Waals surface area contributed by atoms with Gasteiger partial charge in [-0.2, -0.15) is 10.4 Å². The molecular weight excluding hydrogens is 244 g/mol. The average Bonchev–Trinajstić information content (AvgIpc) is 2.92. The van der Waals surface area contributed by atoms with E-state index in [0.717, 1.165) is 0 Å². The van der Waals surface area contributed by atoms with Crippen LogP contribution in [-0.4, -0.2) is 22.2 Å². The van der Waals surface area contributed by atoms with E-state index in [4.69, 9.17) is 10.00 Å². The maximum absolute atomic E-state index is 11.8. The van der Waals surface area contributed by atoms with Gasteiger partial charge in [0.15, 0.2) is 6.10 Å². The summed E-state index contributed by atoms with van der Waals surface area (Å²) < 4.78 is 5.47. The fourth-order valence-electron chi connectivity index (χ4n) is 1.43. The lowest BCUT2D eigenvalue weighted by Gasteiger charge is -2.13. The van der Waals surface area contributed by atoms with Crippen molar-refractivity contribution in [2.75, 3.05) is 5.32 Å². The molecule has 1 atom stereocenters. The van der Waals surface area contributed by atoms with Crippen molar-refractivity contribution in [2.24, 2.45) is 0 Å². The van der Waals surface area contributed by atoms with Gasteiger partial charge in [0.2, 0.25) is 0 Å². The summed E-state index contributed by atoms with van der Waals surface area (Å²) in [6.07, 6.45) is 0.887. The third-order valence-electron chi connectivity index (χ3n) is 2.42. The molecule has 19 heavy (non-hydrogen) atoms. The summed E-state index contributed by atoms with van der Waals surface area (Å²) in [5.74, 6) is 0.764. The Kier molecular flexibility index (Phi) is 3.78. The number of aromatic amines is 1. The fourth-order valence-corrected chi connectivity index (χ4v) is 1.43. The number of nitrogens with one attached hydrogen (secondary N) is 2. The van der Waals surface area contributed by atoms with Crippen LogP contribution in [0, 0.1) is 11.3 Å². The number of nitrogens with zero attached hydrogens (tertiary/aromatic N) is 2. The largest absolute Gasteiger partial charge is 0.481 e. The lowest BCUT2D eigenvalue weighted by atomic mass is 10.2. The molecule has 2 rings (SSSR count). The Balaban J connectivity index is 1.94. The fraction of sp³-hybridized carbons (Fsp3) is 0.154. The molecular formula is C13H12N4O2. The molecule has 96 valence electrons. The van der Waals surface area contributed by atoms with Gasteiger partial charge in [0.25, 0.3) is 5.91 Å². The first-order chi connectivity index (χ1) is 9.19. The van der Waals surface area contributed by atoms with Crippen molar-refractivity contribution in [3.63, 3.8) is 0 Å². The van der Waals surface area contributed by atoms with Crippen LogP contribution in [0.4, 0.5) is 5.82 Å². The predicted octanol–water partition coefficient (Wildman–Crippen LogP) is 1.69. The molecule has 1 aromatic heterocycles. The van der Waals surface area contributed by atoms with Gasteiger partial charge in [0, 0.05) is 6.07 Å². The van der Waals surface area contributed by atoms with Gasteiger partial charge >= 0.3 is 0 Å². The summed E-state index contributed by atoms with van der Waals surface area (Å²) >= 11 is 0. The van der Waals surface area contributed by atoms with Crippen LogP contribution in [0.2, 0.25) is 0 Å². The van der Waals surface area contributed by atoms with Crippen LogP contribution in [0.3, 0.4) is 0 Å². The van der Waals surface area contributed by atoms with Crippen LogP contribution < -0.4 is 10.1 Å². The number of benzene rings is 1. The number of carbonyl (C=O) groups is 1. The van der Waals surface area contributed by atoms with Gasteiger partial charge in [-0.05, 0) is 31.2 Å². The van der Waals surface area contributed by atoms with Crippen LogP contribution in [0.5, 0.6) is 5.75 Å². The first-order valence-electron chi connectivity index (χ1n) is 5.66. The minimum atomic E-state index is -0.656. The second-order valence-corrected chi connectivity index (χ2v) is 3.86. The van der Waals surface area contributed by atoms with Crippen molar-refractivity contribution in [1.82, 2.24) is 10.2 Å². The number of anilines is 1. The summed E-state index contributed by atoms with van der Waals surface area (Å²) in [5, 5.41) is 17.7. The molecule has 0 saturated heterocycles. The quantitative estimate of drug-likeness (QED) is 0.870. The van der Waals surface area contributed by atoms with Crippen molar-refractivity contribution >= 4 is 11.7 Å². The first kappa shape index (κ1) is 12.6. The highest BCUT2D eigenvalue weighted by atomic mass is 16.5. The van der Waals surface area contributed by atoms with Gasteiger partial charge < -0.3 is 10.1 Å². The SMILES string of the molecule is CC(Oc1ccc(C#N)cc1)C(=O)Nc1ccn[nH]1. The molecule has 1 unspecified atom stereocenters. The second kappa shape index (κ2) is 5.69. The molecule has 1 amide bonds. The first-order valence-corrected chi connectivity index (χ1v) is 5.66. The molecule has 2 aromatic rings. The van der Waals surface area contributed by atoms with Crippen LogP contribution in [0.15, 0.2) is 36.5 Å². The highest BCUT2D eigenvalue weighted by Gasteiger charge is 2.15. The van der Waals surface area contributed by atoms with Gasteiger partial charge in [-0.15, -0.1) is 0 Å². The molecule has 6 nitrogen and oxygen atoms in total. The van der Waals surface area contributed by atoms with Crippen molar-refractivity contribution < 1.29 is 9.53 Å². The van der Waals surface area contributed by atoms with E-state index < -0.39 is 6.10 Å². The number of hydrogen-bond acceptors (Lipinski definition) is 4. The van der Waals surface area contributed by atoms with Crippen molar-refractivity contribution in [1.29, 1.82) is 5.26 Å². The van der Waals surface area contributed by atoms with E-state index in [0.29, 0.717) is 17.1 Å². The van der Waals surface area contributed by atoms with Gasteiger partial charge in [0.05, 0.1) is 17.8 Å². The number of carbonyl (C=O) groups excluding carboxylic acids is 1. The van der Waals surface area contributed by atoms with E-state index in [2.05, 4.69) is 15.5 Å². The predicted molar refractivity (Wildman–Crippen MR) is 68.5 cm³/mol. The third-order valence-corrected chi connectivity index (χ3v) is 2.42. The topological polar surface area (TPSA) is 90.8 Å². The van der Waals surface area contributed by atoms with E-state index in [1.54, 1.807) is 43.5 Å². The smallest absolute Gasteiger partial charge is 0.266 e. The number of amides is 1. The molecule has 6 heteroatoms. The lowest BCUT2D eigenvalue weighted by Crippen LogP contribution is -2.30. The molecule has 0 bridgehead atoms. The molecule has 0 aliphatic carbocycles. The third kappa shape index (κ3) is 3.33. The Morgan fingerprint density at radius 1 is 1.42 bits per heavy atom. The lowest BCUT2D eigenvalue weighted by molar-refractivity contribution is -0.122. The number of hydrogen-bond donors (Lipinski definition) is 2. The Morgan fingerprint density at radius 2 is 2.16 bits per heavy atom. The number of H-pyrrole nitrogens is 1. The van der Waals surface area contributed by atoms with E-state index in [1.165, 1.54) is 0 Å². The molecule has 0 spiro atoms. The zero-order valence-electron chi connectivity index (χ0n) is 10.3. The molecule has 1 heterocycles. The minimum Gasteiger partial charge on any atom is -0.481 e. The number of nitriles is 1. The number of aromatic nitrogens is 2. The second-order valence-electron chi connectivity index (χ2n) is 3.86. The summed E-state index contributed by atoms with van der Waals surface area (Å²) in [5.41, 5.74) is 0.543. The normalized spacial score (nSPS) is 11.4. The summed E-state index contributed by atoms with van der Waals surface area (Å²) in [6.45, 7) is 1.64. The summed E-state index contributed by atoms with van der Waals surface area (Å²) in [7, 11) is 0. The van der Waals surface area contributed by atoms with Crippen molar-refractivity contribution in [2.45, 2.75) is 13.0 Å². The Hall–Kier alpha value is -2.81. The van der Waals surface area contributed by atoms with Crippen molar-refractivity contribution in [3.8, 4) is 11.8 Å². The molecule has 0 aliphatic heterocycles. The maximum atomic E-state index is 11.8. The molecule has 0 radical (unpaired) electrons. The van der Waals surface area contributed by atoms with Crippen LogP contribution in [0.25, 0.3) is 0 Å². The zero-order valence-corrected chi connectivity index (χ0v) is 10.3. The minimum absolute atomic E-state index is 0.284. The summed E-state index contributed by atoms with van der Waals surface area (Å²) in [6, 6.07) is 10.2. The Bertz CT molecular complexity index is 584. The highest BCUT2D eigenvalue weighted by Crippen LogP contribution is 2.14. The monoisotopic (exact) mass is 256 g/mol. The highest BCUT2D eigenvalue weighted by molar-refractivity contribution is 5.93. The van der Waals surface area contributed by atoms with Crippen LogP contribution in [0.1, 0.15) is 12.5 Å². The van der Waals surface area contributed by atoms with E-state index in [1.807, 2.05) is 6.07 Å². The Morgan fingerprint density at radius 3 is 2.74 bits per heavy atom. The van der Waals surface area contributed by atoms with Gasteiger partial charge in [-0.1, -0.05) is 0 Å². The zero-order chi connectivity index (χ0) is 13.7. The van der Waals surface area contributed by atoms with E-state index >= 15 is 0 Å². The average molecular weight is 256 g/mol. The van der Waals surface area contributed by atoms with Gasteiger partial charge in [-0.3, -0.25) is 9.89 Å². The van der Waals surface area contributed by atoms with E-state index in [-0.39, 0.29) is 5.91 Å². The van der Waals surface area contributed by atoms with Crippen molar-refractivity contribution in [3.05, 3.63) is 42.1 Å². The van der Waals surface area contributed by atoms with Gasteiger partial charge in [-0.25, -0.2) is 0 Å². The maximum Gasteiger partial charge on any atom is 0.266 e. The molecule has 0 aliphatic rings. The number of ether oxygens (including phenoxy) is 1. The van der Waals surface area contributed by atoms with Crippen LogP contribution >= 0.6 is 0 Å². The number of rotatable bonds is 4. The van der Waals surface area contributed by atoms with Crippen LogP contribution in [-0.2, 0) is 4.79 Å². The van der Waals surface area contributed by atoms with Gasteiger partial charge in [0.1, 0.15) is 11.6 Å². The molecule has 1 aromatic carbocycles. The molecule has 2 N–H and O–H groups in total. The molecule has 0 saturated carbocycles. The molecule has 0 fully saturated rings. The summed E-state index contributed by atoms with van der Waals surface area (Å²) in [4.78, 5) is 11.8.